The fourth-order valence-corrected chi connectivity index (χ4v) is 6.32. The van der Waals surface area contributed by atoms with Gasteiger partial charge in [0.25, 0.3) is 0 Å². The maximum atomic E-state index is 13.8. The van der Waals surface area contributed by atoms with Crippen LogP contribution in [0.5, 0.6) is 11.5 Å². The molecule has 0 spiro atoms. The molecule has 0 unspecified atom stereocenters. The quantitative estimate of drug-likeness (QED) is 0.480. The van der Waals surface area contributed by atoms with E-state index in [1.807, 2.05) is 13.0 Å². The number of Topliss-reactive ketones (excluding diaryl/α,β-unsaturated/α-hetero) is 2. The second-order valence-electron chi connectivity index (χ2n) is 11.5. The van der Waals surface area contributed by atoms with E-state index in [1.165, 1.54) is 0 Å². The number of hydrogen-bond donors (Lipinski definition) is 1. The van der Waals surface area contributed by atoms with Crippen LogP contribution in [-0.2, 0) is 14.3 Å². The second-order valence-corrected chi connectivity index (χ2v) is 12.3. The van der Waals surface area contributed by atoms with Crippen molar-refractivity contribution in [1.29, 1.82) is 0 Å². The first kappa shape index (κ1) is 26.0. The Hall–Kier alpha value is -2.12. The molecule has 0 aromatic heterocycles. The van der Waals surface area contributed by atoms with Gasteiger partial charge in [0.1, 0.15) is 0 Å². The highest BCUT2D eigenvalue weighted by atomic mass is 79.9. The molecule has 0 saturated carbocycles. The lowest BCUT2D eigenvalue weighted by Crippen LogP contribution is -2.45. The normalized spacial score (nSPS) is 21.9. The molecule has 0 bridgehead atoms. The van der Waals surface area contributed by atoms with Gasteiger partial charge < -0.3 is 19.5 Å². The number of carbonyl (C=O) groups excluding carboxylic acids is 2. The first-order chi connectivity index (χ1) is 16.4. The van der Waals surface area contributed by atoms with Crippen molar-refractivity contribution >= 4 is 27.5 Å². The van der Waals surface area contributed by atoms with Gasteiger partial charge in [-0.25, -0.2) is 0 Å². The Bertz CT molecular complexity index is 1080. The number of halogens is 1. The van der Waals surface area contributed by atoms with Crippen molar-refractivity contribution in [3.05, 3.63) is 44.7 Å². The maximum absolute atomic E-state index is 13.8. The van der Waals surface area contributed by atoms with E-state index in [-0.39, 0.29) is 28.1 Å². The lowest BCUT2D eigenvalue weighted by molar-refractivity contribution is -0.119. The van der Waals surface area contributed by atoms with Gasteiger partial charge in [0.15, 0.2) is 23.1 Å². The summed E-state index contributed by atoms with van der Waals surface area (Å²) in [6.45, 7) is 11.9. The third-order valence-corrected chi connectivity index (χ3v) is 7.83. The minimum atomic E-state index is -0.484. The van der Waals surface area contributed by atoms with E-state index in [2.05, 4.69) is 48.5 Å². The molecule has 1 aromatic carbocycles. The molecule has 190 valence electrons. The van der Waals surface area contributed by atoms with Crippen molar-refractivity contribution in [3.8, 4) is 11.5 Å². The molecule has 2 aliphatic carbocycles. The molecule has 0 radical (unpaired) electrons. The van der Waals surface area contributed by atoms with Crippen molar-refractivity contribution in [2.24, 2.45) is 10.8 Å². The molecule has 0 atom stereocenters. The van der Waals surface area contributed by atoms with Gasteiger partial charge in [-0.3, -0.25) is 9.59 Å². The molecular weight excluding hydrogens is 510 g/mol. The van der Waals surface area contributed by atoms with Gasteiger partial charge >= 0.3 is 0 Å². The predicted octanol–water partition coefficient (Wildman–Crippen LogP) is 5.89. The average Bonchev–Trinajstić information content (AvgIpc) is 2.73. The van der Waals surface area contributed by atoms with Crippen LogP contribution in [0.4, 0.5) is 0 Å². The highest BCUT2D eigenvalue weighted by Gasteiger charge is 2.49. The van der Waals surface area contributed by atoms with Crippen LogP contribution in [0.3, 0.4) is 0 Å². The molecule has 0 saturated heterocycles. The van der Waals surface area contributed by atoms with E-state index in [0.717, 1.165) is 29.8 Å². The number of rotatable bonds is 6. The Morgan fingerprint density at radius 3 is 2.03 bits per heavy atom. The van der Waals surface area contributed by atoms with Crippen LogP contribution in [0.1, 0.15) is 71.8 Å². The SMILES string of the molecule is CCOc1cc(C2C3=C(CC(C)(C)CC3=O)N(CCOC)C3=C2C(=O)CC(C)(C)C3)cc(Br)c1O. The van der Waals surface area contributed by atoms with E-state index in [1.54, 1.807) is 13.2 Å². The standard InChI is InChI=1S/C28H36BrNO5/c1-7-35-22-11-16(10-17(29)26(22)33)23-24-18(12-27(2,3)14-20(24)31)30(8-9-34-6)19-13-28(4,5)15-21(32)25(19)23/h10-11,23,33H,7-9,12-15H2,1-6H3. The minimum absolute atomic E-state index is 0.0174. The van der Waals surface area contributed by atoms with Crippen LogP contribution in [0.15, 0.2) is 39.1 Å². The number of aromatic hydroxyl groups is 1. The summed E-state index contributed by atoms with van der Waals surface area (Å²) in [4.78, 5) is 29.8. The molecular formula is C28H36BrNO5. The molecule has 4 rings (SSSR count). The van der Waals surface area contributed by atoms with E-state index in [4.69, 9.17) is 9.47 Å². The fourth-order valence-electron chi connectivity index (χ4n) is 5.86. The van der Waals surface area contributed by atoms with E-state index >= 15 is 0 Å². The number of carbonyl (C=O) groups is 2. The summed E-state index contributed by atoms with van der Waals surface area (Å²) < 4.78 is 11.6. The van der Waals surface area contributed by atoms with Gasteiger partial charge in [-0.2, -0.15) is 0 Å². The van der Waals surface area contributed by atoms with Gasteiger partial charge in [0.05, 0.1) is 17.7 Å². The molecule has 1 N–H and O–H groups in total. The van der Waals surface area contributed by atoms with Crippen molar-refractivity contribution in [1.82, 2.24) is 4.90 Å². The predicted molar refractivity (Wildman–Crippen MR) is 138 cm³/mol. The molecule has 0 fully saturated rings. The first-order valence-corrected chi connectivity index (χ1v) is 13.1. The summed E-state index contributed by atoms with van der Waals surface area (Å²) in [5, 5.41) is 10.5. The largest absolute Gasteiger partial charge is 0.503 e. The molecule has 1 aliphatic heterocycles. The number of methoxy groups -OCH3 is 1. The number of ether oxygens (including phenoxy) is 2. The monoisotopic (exact) mass is 545 g/mol. The van der Waals surface area contributed by atoms with Crippen LogP contribution in [0, 0.1) is 10.8 Å². The zero-order valence-corrected chi connectivity index (χ0v) is 23.2. The topological polar surface area (TPSA) is 76.1 Å². The van der Waals surface area contributed by atoms with Gasteiger partial charge in [-0.15, -0.1) is 0 Å². The number of hydrogen-bond acceptors (Lipinski definition) is 6. The van der Waals surface area contributed by atoms with Gasteiger partial charge in [-0.05, 0) is 64.2 Å². The fraction of sp³-hybridized carbons (Fsp3) is 0.571. The van der Waals surface area contributed by atoms with Crippen molar-refractivity contribution < 1.29 is 24.2 Å². The summed E-state index contributed by atoms with van der Waals surface area (Å²) in [6, 6.07) is 3.61. The lowest BCUT2D eigenvalue weighted by atomic mass is 9.63. The zero-order chi connectivity index (χ0) is 25.7. The van der Waals surface area contributed by atoms with Crippen molar-refractivity contribution in [2.75, 3.05) is 26.9 Å². The number of nitrogens with zero attached hydrogens (tertiary/aromatic N) is 1. The minimum Gasteiger partial charge on any atom is -0.503 e. The third kappa shape index (κ3) is 4.82. The second kappa shape index (κ2) is 9.40. The first-order valence-electron chi connectivity index (χ1n) is 12.3. The highest BCUT2D eigenvalue weighted by molar-refractivity contribution is 9.10. The lowest BCUT2D eigenvalue weighted by Gasteiger charge is -2.49. The number of phenols is 1. The van der Waals surface area contributed by atoms with Crippen molar-refractivity contribution in [3.63, 3.8) is 0 Å². The number of allylic oxidation sites excluding steroid dienone is 4. The van der Waals surface area contributed by atoms with Gasteiger partial charge in [0, 0.05) is 55.0 Å². The van der Waals surface area contributed by atoms with Crippen molar-refractivity contribution in [2.45, 2.75) is 66.2 Å². The number of benzene rings is 1. The molecule has 3 aliphatic rings. The van der Waals surface area contributed by atoms with E-state index < -0.39 is 5.92 Å². The summed E-state index contributed by atoms with van der Waals surface area (Å²) in [5.41, 5.74) is 3.83. The highest BCUT2D eigenvalue weighted by Crippen LogP contribution is 2.55. The average molecular weight is 547 g/mol. The number of ketones is 2. The Kier molecular flexibility index (Phi) is 6.97. The number of phenolic OH excluding ortho intramolecular Hbond substituents is 1. The molecule has 1 heterocycles. The summed E-state index contributed by atoms with van der Waals surface area (Å²) in [5.74, 6) is 0.0334. The van der Waals surface area contributed by atoms with E-state index in [9.17, 15) is 14.7 Å². The molecule has 7 heteroatoms. The van der Waals surface area contributed by atoms with Gasteiger partial charge in [0.2, 0.25) is 0 Å². The Labute approximate surface area is 216 Å². The molecule has 6 nitrogen and oxygen atoms in total. The third-order valence-electron chi connectivity index (χ3n) is 7.22. The summed E-state index contributed by atoms with van der Waals surface area (Å²) >= 11 is 3.46. The Balaban J connectivity index is 2.01. The van der Waals surface area contributed by atoms with Crippen LogP contribution >= 0.6 is 15.9 Å². The summed E-state index contributed by atoms with van der Waals surface area (Å²) in [6.07, 6.45) is 2.36. The zero-order valence-electron chi connectivity index (χ0n) is 21.6. The summed E-state index contributed by atoms with van der Waals surface area (Å²) in [7, 11) is 1.67. The molecule has 1 aromatic rings. The van der Waals surface area contributed by atoms with E-state index in [0.29, 0.717) is 54.0 Å². The maximum Gasteiger partial charge on any atom is 0.172 e. The Morgan fingerprint density at radius 1 is 1.00 bits per heavy atom. The Morgan fingerprint density at radius 2 is 1.54 bits per heavy atom. The smallest absolute Gasteiger partial charge is 0.172 e. The van der Waals surface area contributed by atoms with Crippen LogP contribution in [-0.4, -0.2) is 48.4 Å². The van der Waals surface area contributed by atoms with Gasteiger partial charge in [-0.1, -0.05) is 27.7 Å². The van der Waals surface area contributed by atoms with Crippen LogP contribution in [0.25, 0.3) is 0 Å². The molecule has 0 amide bonds. The molecule has 35 heavy (non-hydrogen) atoms. The van der Waals surface area contributed by atoms with Crippen LogP contribution < -0.4 is 4.74 Å². The van der Waals surface area contributed by atoms with Crippen LogP contribution in [0.2, 0.25) is 0 Å².